The number of hydrogen-bond donors (Lipinski definition) is 0. The predicted molar refractivity (Wildman–Crippen MR) is 62.5 cm³/mol. The van der Waals surface area contributed by atoms with Crippen molar-refractivity contribution in [2.45, 2.75) is 6.42 Å². The molecule has 0 bridgehead atoms. The summed E-state index contributed by atoms with van der Waals surface area (Å²) in [5.41, 5.74) is 6.23. The number of fused-ring (bicyclic) bond motifs is 5. The van der Waals surface area contributed by atoms with E-state index >= 15 is 0 Å². The first kappa shape index (κ1) is 7.30. The Bertz CT molecular complexity index is 555. The molecule has 0 unspecified atom stereocenters. The van der Waals surface area contributed by atoms with Crippen LogP contribution >= 0.6 is 0 Å². The Kier molecular flexibility index (Phi) is 1.21. The first-order chi connectivity index (χ1) is 6.93. The fourth-order valence-corrected chi connectivity index (χ4v) is 5.55. The predicted octanol–water partition coefficient (Wildman–Crippen LogP) is 0.691. The minimum absolute atomic E-state index is 0.325. The van der Waals surface area contributed by atoms with Crippen molar-refractivity contribution < 1.29 is 0 Å². The van der Waals surface area contributed by atoms with Gasteiger partial charge in [0.25, 0.3) is 0 Å². The Morgan fingerprint density at radius 1 is 0.929 bits per heavy atom. The van der Waals surface area contributed by atoms with Gasteiger partial charge in [-0.25, -0.2) is 0 Å². The van der Waals surface area contributed by atoms with E-state index in [1.165, 1.54) is 23.1 Å². The average Bonchev–Trinajstić information content (AvgIpc) is 2.92. The van der Waals surface area contributed by atoms with Gasteiger partial charge in [-0.2, -0.15) is 0 Å². The van der Waals surface area contributed by atoms with Crippen LogP contribution in [0.15, 0.2) is 36.4 Å². The molecule has 0 nitrogen and oxygen atoms in total. The van der Waals surface area contributed by atoms with Gasteiger partial charge < -0.3 is 0 Å². The van der Waals surface area contributed by atoms with E-state index in [9.17, 15) is 0 Å². The summed E-state index contributed by atoms with van der Waals surface area (Å²) in [7, 11) is 0. The molecule has 0 saturated carbocycles. The molecule has 66 valence electrons. The second-order valence-corrected chi connectivity index (χ2v) is 8.06. The molecule has 2 aromatic carbocycles. The molecular formula is C13H10Ge. The van der Waals surface area contributed by atoms with E-state index in [1.807, 2.05) is 4.40 Å². The first-order valence-electron chi connectivity index (χ1n) is 5.15. The molecule has 0 amide bonds. The summed E-state index contributed by atoms with van der Waals surface area (Å²) in [5, 5.41) is 0. The van der Waals surface area contributed by atoms with Crippen LogP contribution in [0.5, 0.6) is 0 Å². The van der Waals surface area contributed by atoms with Gasteiger partial charge in [0.1, 0.15) is 0 Å². The van der Waals surface area contributed by atoms with Crippen molar-refractivity contribution >= 4 is 24.2 Å². The van der Waals surface area contributed by atoms with Gasteiger partial charge in [-0.1, -0.05) is 0 Å². The Hall–Kier alpha value is -1.02. The van der Waals surface area contributed by atoms with Crippen LogP contribution in [-0.4, -0.2) is 15.4 Å². The van der Waals surface area contributed by atoms with Gasteiger partial charge in [0.05, 0.1) is 0 Å². The van der Waals surface area contributed by atoms with Crippen molar-refractivity contribution in [2.24, 2.45) is 0 Å². The van der Waals surface area contributed by atoms with Crippen molar-refractivity contribution in [1.82, 2.24) is 0 Å². The topological polar surface area (TPSA) is 0 Å². The molecule has 1 heterocycles. The van der Waals surface area contributed by atoms with E-state index in [0.717, 1.165) is 0 Å². The third kappa shape index (κ3) is 0.800. The summed E-state index contributed by atoms with van der Waals surface area (Å²) >= 11 is -0.325. The average molecular weight is 239 g/mol. The van der Waals surface area contributed by atoms with Crippen LogP contribution in [0, 0.1) is 0 Å². The Morgan fingerprint density at radius 3 is 2.86 bits per heavy atom. The molecule has 0 atom stereocenters. The summed E-state index contributed by atoms with van der Waals surface area (Å²) < 4.78 is 3.57. The van der Waals surface area contributed by atoms with Crippen molar-refractivity contribution in [3.05, 3.63) is 47.5 Å². The molecular weight excluding hydrogens is 229 g/mol. The Labute approximate surface area is 89.4 Å². The molecule has 2 aliphatic rings. The molecule has 0 radical (unpaired) electrons. The Morgan fingerprint density at radius 2 is 1.86 bits per heavy atom. The van der Waals surface area contributed by atoms with E-state index in [2.05, 4.69) is 36.4 Å². The summed E-state index contributed by atoms with van der Waals surface area (Å²) in [4.78, 5) is 0. The molecule has 0 fully saturated rings. The number of hydrogen-bond acceptors (Lipinski definition) is 0. The van der Waals surface area contributed by atoms with Gasteiger partial charge in [0.15, 0.2) is 0 Å². The fraction of sp³-hybridized carbons (Fsp3) is 0.0769. The van der Waals surface area contributed by atoms with Crippen molar-refractivity contribution in [1.29, 1.82) is 0 Å². The van der Waals surface area contributed by atoms with Crippen LogP contribution in [0.1, 0.15) is 11.1 Å². The SMILES string of the molecule is c1ccc2c(c1)Cc1c-2cc[c]2[c]1[GeH2]2. The molecule has 0 N–H and O–H groups in total. The van der Waals surface area contributed by atoms with E-state index < -0.39 is 0 Å². The van der Waals surface area contributed by atoms with E-state index in [1.54, 1.807) is 9.96 Å². The fourth-order valence-electron chi connectivity index (χ4n) is 2.64. The van der Waals surface area contributed by atoms with Crippen LogP contribution in [0.2, 0.25) is 0 Å². The van der Waals surface area contributed by atoms with Crippen molar-refractivity contribution in [3.63, 3.8) is 0 Å². The zero-order valence-electron chi connectivity index (χ0n) is 7.88. The quantitative estimate of drug-likeness (QED) is 0.396. The molecule has 4 rings (SSSR count). The normalized spacial score (nSPS) is 16.3. The minimum atomic E-state index is -0.325. The van der Waals surface area contributed by atoms with Crippen LogP contribution in [-0.2, 0) is 6.42 Å². The second kappa shape index (κ2) is 2.32. The third-order valence-corrected chi connectivity index (χ3v) is 7.18. The van der Waals surface area contributed by atoms with Crippen molar-refractivity contribution in [2.75, 3.05) is 0 Å². The van der Waals surface area contributed by atoms with Gasteiger partial charge in [-0.3, -0.25) is 0 Å². The molecule has 2 aromatic rings. The summed E-state index contributed by atoms with van der Waals surface area (Å²) in [6.07, 6.45) is 1.21. The third-order valence-electron chi connectivity index (χ3n) is 3.45. The van der Waals surface area contributed by atoms with Crippen molar-refractivity contribution in [3.8, 4) is 11.1 Å². The van der Waals surface area contributed by atoms with E-state index in [4.69, 9.17) is 0 Å². The standard InChI is InChI=1S/C13H10Ge/c1-2-4-9-8(3-1)7-11-10(9)5-6-12-13(11)14-12/h1-6H,7,14H2. The van der Waals surface area contributed by atoms with Gasteiger partial charge in [-0.05, 0) is 0 Å². The second-order valence-electron chi connectivity index (χ2n) is 4.24. The van der Waals surface area contributed by atoms with Crippen LogP contribution in [0.25, 0.3) is 11.1 Å². The number of rotatable bonds is 0. The Balaban J connectivity index is 2.08. The summed E-state index contributed by atoms with van der Waals surface area (Å²) in [6.45, 7) is 0. The molecule has 1 heteroatoms. The molecule has 1 aliphatic carbocycles. The van der Waals surface area contributed by atoms with Gasteiger partial charge in [0.2, 0.25) is 0 Å². The zero-order valence-corrected chi connectivity index (χ0v) is 10.8. The summed E-state index contributed by atoms with van der Waals surface area (Å²) in [5.74, 6) is 0. The van der Waals surface area contributed by atoms with Gasteiger partial charge in [0, 0.05) is 0 Å². The first-order valence-corrected chi connectivity index (χ1v) is 8.12. The molecule has 0 spiro atoms. The van der Waals surface area contributed by atoms with E-state index in [-0.39, 0.29) is 15.4 Å². The monoisotopic (exact) mass is 240 g/mol. The molecule has 0 saturated heterocycles. The molecule has 0 aromatic heterocycles. The van der Waals surface area contributed by atoms with Crippen LogP contribution in [0.3, 0.4) is 0 Å². The number of benzene rings is 2. The summed E-state index contributed by atoms with van der Waals surface area (Å²) in [6, 6.07) is 13.6. The van der Waals surface area contributed by atoms with Crippen LogP contribution < -0.4 is 8.79 Å². The van der Waals surface area contributed by atoms with E-state index in [0.29, 0.717) is 0 Å². The molecule has 14 heavy (non-hydrogen) atoms. The van der Waals surface area contributed by atoms with Gasteiger partial charge in [-0.15, -0.1) is 0 Å². The van der Waals surface area contributed by atoms with Crippen LogP contribution in [0.4, 0.5) is 0 Å². The zero-order chi connectivity index (χ0) is 9.12. The molecule has 1 aliphatic heterocycles. The van der Waals surface area contributed by atoms with Gasteiger partial charge >= 0.3 is 89.3 Å². The maximum atomic E-state index is 2.37. The maximum absolute atomic E-state index is 2.37.